The second-order valence-electron chi connectivity index (χ2n) is 6.20. The summed E-state index contributed by atoms with van der Waals surface area (Å²) in [4.78, 5) is 24.6. The van der Waals surface area contributed by atoms with Crippen molar-refractivity contribution in [1.82, 2.24) is 5.32 Å². The summed E-state index contributed by atoms with van der Waals surface area (Å²) in [6, 6.07) is 7.71. The quantitative estimate of drug-likeness (QED) is 0.843. The number of carboxylic acids is 1. The number of nitrogens with one attached hydrogen (secondary N) is 1. The van der Waals surface area contributed by atoms with Crippen LogP contribution < -0.4 is 10.2 Å². The van der Waals surface area contributed by atoms with Gasteiger partial charge >= 0.3 is 5.97 Å². The maximum Gasteiger partial charge on any atom is 0.305 e. The Morgan fingerprint density at radius 2 is 1.76 bits per heavy atom. The molecule has 0 saturated heterocycles. The van der Waals surface area contributed by atoms with E-state index in [0.29, 0.717) is 6.54 Å². The fourth-order valence-corrected chi connectivity index (χ4v) is 1.92. The lowest BCUT2D eigenvalue weighted by Gasteiger charge is -2.27. The van der Waals surface area contributed by atoms with E-state index < -0.39 is 5.97 Å². The molecule has 1 aromatic carbocycles. The van der Waals surface area contributed by atoms with Crippen LogP contribution in [0.25, 0.3) is 0 Å². The number of carboxylic acid groups (broad SMARTS) is 1. The molecule has 1 aromatic rings. The molecule has 0 fully saturated rings. The van der Waals surface area contributed by atoms with Gasteiger partial charge in [0.25, 0.3) is 0 Å². The molecule has 0 heterocycles. The van der Waals surface area contributed by atoms with E-state index in [0.717, 1.165) is 11.3 Å². The van der Waals surface area contributed by atoms with Crippen LogP contribution in [0.5, 0.6) is 0 Å². The van der Waals surface area contributed by atoms with Gasteiger partial charge in [-0.25, -0.2) is 0 Å². The van der Waals surface area contributed by atoms with Crippen LogP contribution in [0.2, 0.25) is 0 Å². The smallest absolute Gasteiger partial charge is 0.305 e. The van der Waals surface area contributed by atoms with E-state index >= 15 is 0 Å². The average Bonchev–Trinajstić information content (AvgIpc) is 2.33. The van der Waals surface area contributed by atoms with Gasteiger partial charge < -0.3 is 15.3 Å². The molecule has 0 aliphatic heterocycles. The van der Waals surface area contributed by atoms with Crippen LogP contribution in [-0.4, -0.2) is 35.6 Å². The number of anilines is 1. The standard InChI is InChI=1S/C16H24N2O3/c1-12-5-7-13(8-6-12)18(10-9-15(20)21)11-14(19)17-16(2,3)4/h5-8H,9-11H2,1-4H3,(H,17,19)(H,20,21). The van der Waals surface area contributed by atoms with Gasteiger partial charge in [0, 0.05) is 17.8 Å². The zero-order valence-corrected chi connectivity index (χ0v) is 13.1. The van der Waals surface area contributed by atoms with Gasteiger partial charge in [0.2, 0.25) is 5.91 Å². The summed E-state index contributed by atoms with van der Waals surface area (Å²) >= 11 is 0. The van der Waals surface area contributed by atoms with Gasteiger partial charge in [-0.1, -0.05) is 17.7 Å². The van der Waals surface area contributed by atoms with Crippen LogP contribution in [0.3, 0.4) is 0 Å². The lowest BCUT2D eigenvalue weighted by molar-refractivity contribution is -0.136. The highest BCUT2D eigenvalue weighted by Crippen LogP contribution is 2.15. The van der Waals surface area contributed by atoms with E-state index in [1.54, 1.807) is 4.90 Å². The molecule has 116 valence electrons. The third-order valence-corrected chi connectivity index (χ3v) is 2.84. The van der Waals surface area contributed by atoms with Crippen LogP contribution in [0.4, 0.5) is 5.69 Å². The predicted octanol–water partition coefficient (Wildman–Crippen LogP) is 2.19. The molecule has 5 nitrogen and oxygen atoms in total. The number of rotatable bonds is 6. The van der Waals surface area contributed by atoms with Gasteiger partial charge in [-0.2, -0.15) is 0 Å². The topological polar surface area (TPSA) is 69.6 Å². The van der Waals surface area contributed by atoms with E-state index in [-0.39, 0.29) is 24.4 Å². The molecule has 0 aliphatic rings. The number of aliphatic carboxylic acids is 1. The second kappa shape index (κ2) is 7.11. The molecule has 0 bridgehead atoms. The van der Waals surface area contributed by atoms with Crippen LogP contribution in [-0.2, 0) is 9.59 Å². The monoisotopic (exact) mass is 292 g/mol. The highest BCUT2D eigenvalue weighted by molar-refractivity contribution is 5.82. The lowest BCUT2D eigenvalue weighted by atomic mass is 10.1. The minimum absolute atomic E-state index is 0.00330. The number of aryl methyl sites for hydroxylation is 1. The molecule has 0 radical (unpaired) electrons. The third kappa shape index (κ3) is 6.79. The Kier molecular flexibility index (Phi) is 5.76. The fraction of sp³-hybridized carbons (Fsp3) is 0.500. The average molecular weight is 292 g/mol. The van der Waals surface area contributed by atoms with Crippen molar-refractivity contribution in [1.29, 1.82) is 0 Å². The largest absolute Gasteiger partial charge is 0.481 e. The first kappa shape index (κ1) is 17.0. The highest BCUT2D eigenvalue weighted by Gasteiger charge is 2.17. The number of hydrogen-bond acceptors (Lipinski definition) is 3. The molecular weight excluding hydrogens is 268 g/mol. The Labute approximate surface area is 126 Å². The molecule has 0 atom stereocenters. The maximum atomic E-state index is 12.1. The number of carbonyl (C=O) groups is 2. The van der Waals surface area contributed by atoms with E-state index in [2.05, 4.69) is 5.32 Å². The summed E-state index contributed by atoms with van der Waals surface area (Å²) in [6.07, 6.45) is -0.00330. The molecule has 1 amide bonds. The summed E-state index contributed by atoms with van der Waals surface area (Å²) in [6.45, 7) is 8.18. The van der Waals surface area contributed by atoms with E-state index in [1.165, 1.54) is 0 Å². The summed E-state index contributed by atoms with van der Waals surface area (Å²) in [5.41, 5.74) is 1.67. The first-order chi connectivity index (χ1) is 9.67. The molecule has 0 aliphatic carbocycles. The van der Waals surface area contributed by atoms with Gasteiger partial charge in [-0.3, -0.25) is 9.59 Å². The minimum atomic E-state index is -0.872. The Hall–Kier alpha value is -2.04. The summed E-state index contributed by atoms with van der Waals surface area (Å²) in [5.74, 6) is -0.989. The van der Waals surface area contributed by atoms with Crippen molar-refractivity contribution in [2.45, 2.75) is 39.7 Å². The van der Waals surface area contributed by atoms with Gasteiger partial charge in [-0.05, 0) is 39.8 Å². The fourth-order valence-electron chi connectivity index (χ4n) is 1.92. The third-order valence-electron chi connectivity index (χ3n) is 2.84. The maximum absolute atomic E-state index is 12.1. The number of hydrogen-bond donors (Lipinski definition) is 2. The normalized spacial score (nSPS) is 11.0. The predicted molar refractivity (Wildman–Crippen MR) is 83.5 cm³/mol. The molecule has 5 heteroatoms. The van der Waals surface area contributed by atoms with Gasteiger partial charge in [0.05, 0.1) is 13.0 Å². The van der Waals surface area contributed by atoms with Crippen LogP contribution in [0, 0.1) is 6.92 Å². The second-order valence-corrected chi connectivity index (χ2v) is 6.20. The van der Waals surface area contributed by atoms with Crippen molar-refractivity contribution in [3.63, 3.8) is 0 Å². The summed E-state index contributed by atoms with van der Waals surface area (Å²) < 4.78 is 0. The first-order valence-corrected chi connectivity index (χ1v) is 7.02. The molecule has 0 aromatic heterocycles. The summed E-state index contributed by atoms with van der Waals surface area (Å²) in [5, 5.41) is 11.7. The molecule has 0 spiro atoms. The summed E-state index contributed by atoms with van der Waals surface area (Å²) in [7, 11) is 0. The van der Waals surface area contributed by atoms with Crippen LogP contribution >= 0.6 is 0 Å². The van der Waals surface area contributed by atoms with Crippen LogP contribution in [0.1, 0.15) is 32.8 Å². The van der Waals surface area contributed by atoms with Crippen LogP contribution in [0.15, 0.2) is 24.3 Å². The molecule has 2 N–H and O–H groups in total. The van der Waals surface area contributed by atoms with Crippen molar-refractivity contribution in [2.75, 3.05) is 18.0 Å². The molecule has 21 heavy (non-hydrogen) atoms. The Morgan fingerprint density at radius 3 is 2.24 bits per heavy atom. The number of nitrogens with zero attached hydrogens (tertiary/aromatic N) is 1. The van der Waals surface area contributed by atoms with Crippen molar-refractivity contribution in [3.05, 3.63) is 29.8 Å². The number of carbonyl (C=O) groups excluding carboxylic acids is 1. The van der Waals surface area contributed by atoms with E-state index in [4.69, 9.17) is 5.11 Å². The van der Waals surface area contributed by atoms with Gasteiger partial charge in [0.1, 0.15) is 0 Å². The van der Waals surface area contributed by atoms with E-state index in [1.807, 2.05) is 52.0 Å². The minimum Gasteiger partial charge on any atom is -0.481 e. The molecule has 0 saturated carbocycles. The molecule has 1 rings (SSSR count). The lowest BCUT2D eigenvalue weighted by Crippen LogP contribution is -2.46. The number of amides is 1. The van der Waals surface area contributed by atoms with Crippen molar-refractivity contribution in [3.8, 4) is 0 Å². The SMILES string of the molecule is Cc1ccc(N(CCC(=O)O)CC(=O)NC(C)(C)C)cc1. The Balaban J connectivity index is 2.79. The highest BCUT2D eigenvalue weighted by atomic mass is 16.4. The van der Waals surface area contributed by atoms with Crippen molar-refractivity contribution < 1.29 is 14.7 Å². The van der Waals surface area contributed by atoms with E-state index in [9.17, 15) is 9.59 Å². The Bertz CT molecular complexity index is 489. The van der Waals surface area contributed by atoms with Gasteiger partial charge in [-0.15, -0.1) is 0 Å². The molecule has 0 unspecified atom stereocenters. The van der Waals surface area contributed by atoms with Gasteiger partial charge in [0.15, 0.2) is 0 Å². The Morgan fingerprint density at radius 1 is 1.19 bits per heavy atom. The number of benzene rings is 1. The first-order valence-electron chi connectivity index (χ1n) is 7.02. The molecular formula is C16H24N2O3. The zero-order valence-electron chi connectivity index (χ0n) is 13.1. The van der Waals surface area contributed by atoms with Crippen molar-refractivity contribution in [2.24, 2.45) is 0 Å². The van der Waals surface area contributed by atoms with Crippen molar-refractivity contribution >= 4 is 17.6 Å². The zero-order chi connectivity index (χ0) is 16.0.